The minimum Gasteiger partial charge on any atom is -0.489 e. The molecule has 0 bridgehead atoms. The fraction of sp³-hybridized carbons (Fsp3) is 0.333. The molecule has 5 heteroatoms. The molecule has 1 aliphatic rings. The molecule has 0 amide bonds. The Morgan fingerprint density at radius 1 is 1.03 bits per heavy atom. The number of anilines is 1. The molecule has 2 heterocycles. The van der Waals surface area contributed by atoms with Gasteiger partial charge >= 0.3 is 0 Å². The Morgan fingerprint density at radius 2 is 1.84 bits per heavy atom. The van der Waals surface area contributed by atoms with Gasteiger partial charge in [-0.1, -0.05) is 48.9 Å². The van der Waals surface area contributed by atoms with Crippen LogP contribution >= 0.6 is 0 Å². The minimum absolute atomic E-state index is 0.528. The summed E-state index contributed by atoms with van der Waals surface area (Å²) in [6, 6.07) is 18.6. The molecule has 0 unspecified atom stereocenters. The van der Waals surface area contributed by atoms with Gasteiger partial charge in [-0.3, -0.25) is 4.40 Å². The zero-order valence-electron chi connectivity index (χ0n) is 18.9. The Hall–Kier alpha value is -3.34. The average molecular weight is 427 g/mol. The number of nitrogens with zero attached hydrogens (tertiary/aromatic N) is 4. The third-order valence-electron chi connectivity index (χ3n) is 6.45. The van der Waals surface area contributed by atoms with Crippen LogP contribution in [0.2, 0.25) is 0 Å². The van der Waals surface area contributed by atoms with Gasteiger partial charge in [-0.05, 0) is 44.4 Å². The van der Waals surface area contributed by atoms with Crippen LogP contribution in [0.25, 0.3) is 16.8 Å². The van der Waals surface area contributed by atoms with E-state index in [1.807, 2.05) is 30.5 Å². The fourth-order valence-corrected chi connectivity index (χ4v) is 4.43. The zero-order chi connectivity index (χ0) is 21.9. The van der Waals surface area contributed by atoms with E-state index >= 15 is 0 Å². The smallest absolute Gasteiger partial charge is 0.155 e. The van der Waals surface area contributed by atoms with Crippen LogP contribution in [0.15, 0.2) is 67.0 Å². The highest BCUT2D eigenvalue weighted by Gasteiger charge is 2.28. The van der Waals surface area contributed by atoms with Crippen LogP contribution in [0.4, 0.5) is 5.82 Å². The molecule has 1 fully saturated rings. The largest absolute Gasteiger partial charge is 0.489 e. The summed E-state index contributed by atoms with van der Waals surface area (Å²) in [6.45, 7) is 6.72. The Bertz CT molecular complexity index is 1190. The normalized spacial score (nSPS) is 13.8. The van der Waals surface area contributed by atoms with Gasteiger partial charge in [-0.25, -0.2) is 9.97 Å². The summed E-state index contributed by atoms with van der Waals surface area (Å²) in [5.74, 6) is 3.54. The number of benzene rings is 2. The summed E-state index contributed by atoms with van der Waals surface area (Å²) in [7, 11) is 0. The first kappa shape index (κ1) is 20.6. The van der Waals surface area contributed by atoms with Crippen molar-refractivity contribution < 1.29 is 4.74 Å². The van der Waals surface area contributed by atoms with Crippen LogP contribution in [0, 0.1) is 0 Å². The third kappa shape index (κ3) is 3.83. The van der Waals surface area contributed by atoms with Gasteiger partial charge in [0.25, 0.3) is 0 Å². The quantitative estimate of drug-likeness (QED) is 0.342. The Balaban J connectivity index is 1.57. The van der Waals surface area contributed by atoms with Crippen molar-refractivity contribution in [1.82, 2.24) is 14.4 Å². The molecule has 1 saturated carbocycles. The summed E-state index contributed by atoms with van der Waals surface area (Å²) >= 11 is 0. The van der Waals surface area contributed by atoms with Gasteiger partial charge in [0.15, 0.2) is 5.82 Å². The fourth-order valence-electron chi connectivity index (χ4n) is 4.43. The lowest BCUT2D eigenvalue weighted by Crippen LogP contribution is -2.23. The molecule has 2 aromatic heterocycles. The molecule has 0 aliphatic heterocycles. The van der Waals surface area contributed by atoms with Crippen molar-refractivity contribution in [3.05, 3.63) is 78.4 Å². The molecule has 164 valence electrons. The average Bonchev–Trinajstić information content (AvgIpc) is 3.18. The van der Waals surface area contributed by atoms with Crippen molar-refractivity contribution >= 4 is 11.3 Å². The maximum Gasteiger partial charge on any atom is 0.155 e. The Labute approximate surface area is 189 Å². The van der Waals surface area contributed by atoms with Crippen molar-refractivity contribution in [2.45, 2.75) is 45.6 Å². The van der Waals surface area contributed by atoms with Gasteiger partial charge in [-0.15, -0.1) is 0 Å². The molecule has 1 aliphatic carbocycles. The molecule has 4 aromatic rings. The van der Waals surface area contributed by atoms with E-state index in [0.717, 1.165) is 52.8 Å². The molecule has 0 N–H and O–H groups in total. The lowest BCUT2D eigenvalue weighted by molar-refractivity contribution is 0.306. The van der Waals surface area contributed by atoms with Gasteiger partial charge in [0.1, 0.15) is 29.4 Å². The maximum atomic E-state index is 6.11. The number of hydrogen-bond acceptors (Lipinski definition) is 4. The lowest BCUT2D eigenvalue weighted by atomic mass is 9.85. The van der Waals surface area contributed by atoms with Crippen LogP contribution in [0.1, 0.15) is 50.4 Å². The van der Waals surface area contributed by atoms with Crippen LogP contribution in [0.3, 0.4) is 0 Å². The Kier molecular flexibility index (Phi) is 5.80. The summed E-state index contributed by atoms with van der Waals surface area (Å²) in [5.41, 5.74) is 4.32. The summed E-state index contributed by atoms with van der Waals surface area (Å²) in [4.78, 5) is 12.3. The molecule has 0 atom stereocenters. The molecule has 0 radical (unpaired) electrons. The highest BCUT2D eigenvalue weighted by Crippen LogP contribution is 2.40. The van der Waals surface area contributed by atoms with E-state index in [1.165, 1.54) is 19.3 Å². The van der Waals surface area contributed by atoms with E-state index in [-0.39, 0.29) is 0 Å². The molecule has 0 saturated heterocycles. The van der Waals surface area contributed by atoms with E-state index < -0.39 is 0 Å². The topological polar surface area (TPSA) is 42.7 Å². The highest BCUT2D eigenvalue weighted by atomic mass is 16.5. The number of rotatable bonds is 8. The number of aromatic nitrogens is 3. The van der Waals surface area contributed by atoms with E-state index in [0.29, 0.717) is 12.5 Å². The number of imidazole rings is 1. The molecular formula is C27H30N4O. The SMILES string of the molecule is CCN(CC)c1nccn2c(C3CCC3)nc(-c3cccc(OCc4ccccc4)c3)c12. The van der Waals surface area contributed by atoms with Crippen LogP contribution in [-0.4, -0.2) is 27.5 Å². The third-order valence-corrected chi connectivity index (χ3v) is 6.45. The standard InChI is InChI=1S/C27H30N4O/c1-3-30(4-2)27-25-24(29-26(21-12-8-13-21)31(25)17-16-28-27)22-14-9-15-23(18-22)32-19-20-10-6-5-7-11-20/h5-7,9-11,14-18,21H,3-4,8,12-13,19H2,1-2H3. The summed E-state index contributed by atoms with van der Waals surface area (Å²) in [6.07, 6.45) is 7.69. The molecule has 5 rings (SSSR count). The van der Waals surface area contributed by atoms with Gasteiger partial charge in [0.2, 0.25) is 0 Å². The molecule has 32 heavy (non-hydrogen) atoms. The molecule has 0 spiro atoms. The van der Waals surface area contributed by atoms with E-state index in [4.69, 9.17) is 14.7 Å². The highest BCUT2D eigenvalue weighted by molar-refractivity contribution is 5.87. The first-order valence-corrected chi connectivity index (χ1v) is 11.7. The zero-order valence-corrected chi connectivity index (χ0v) is 18.9. The number of fused-ring (bicyclic) bond motifs is 1. The summed E-state index contributed by atoms with van der Waals surface area (Å²) < 4.78 is 8.39. The van der Waals surface area contributed by atoms with Crippen LogP contribution in [0.5, 0.6) is 5.75 Å². The monoisotopic (exact) mass is 426 g/mol. The second-order valence-electron chi connectivity index (χ2n) is 8.39. The van der Waals surface area contributed by atoms with Crippen molar-refractivity contribution in [3.63, 3.8) is 0 Å². The first-order valence-electron chi connectivity index (χ1n) is 11.7. The van der Waals surface area contributed by atoms with Crippen molar-refractivity contribution in [1.29, 1.82) is 0 Å². The molecule has 2 aromatic carbocycles. The van der Waals surface area contributed by atoms with Gasteiger partial charge < -0.3 is 9.64 Å². The van der Waals surface area contributed by atoms with Gasteiger partial charge in [0, 0.05) is 37.0 Å². The van der Waals surface area contributed by atoms with E-state index in [9.17, 15) is 0 Å². The Morgan fingerprint density at radius 3 is 2.56 bits per heavy atom. The van der Waals surface area contributed by atoms with Gasteiger partial charge in [-0.2, -0.15) is 0 Å². The molecule has 5 nitrogen and oxygen atoms in total. The van der Waals surface area contributed by atoms with Crippen LogP contribution in [-0.2, 0) is 6.61 Å². The van der Waals surface area contributed by atoms with E-state index in [1.54, 1.807) is 0 Å². The minimum atomic E-state index is 0.528. The van der Waals surface area contributed by atoms with Crippen molar-refractivity contribution in [2.24, 2.45) is 0 Å². The number of hydrogen-bond donors (Lipinski definition) is 0. The van der Waals surface area contributed by atoms with Crippen molar-refractivity contribution in [3.8, 4) is 17.0 Å². The van der Waals surface area contributed by atoms with Crippen molar-refractivity contribution in [2.75, 3.05) is 18.0 Å². The maximum absolute atomic E-state index is 6.11. The first-order chi connectivity index (χ1) is 15.8. The number of ether oxygens (including phenoxy) is 1. The summed E-state index contributed by atoms with van der Waals surface area (Å²) in [5, 5.41) is 0. The predicted octanol–water partition coefficient (Wildman–Crippen LogP) is 6.09. The van der Waals surface area contributed by atoms with E-state index in [2.05, 4.69) is 59.7 Å². The second-order valence-corrected chi connectivity index (χ2v) is 8.39. The predicted molar refractivity (Wildman–Crippen MR) is 129 cm³/mol. The second kappa shape index (κ2) is 9.03. The molecular weight excluding hydrogens is 396 g/mol. The van der Waals surface area contributed by atoms with Crippen LogP contribution < -0.4 is 9.64 Å². The lowest BCUT2D eigenvalue weighted by Gasteiger charge is -2.24. The van der Waals surface area contributed by atoms with Gasteiger partial charge in [0.05, 0.1) is 0 Å².